The molecule has 1 heterocycles. The number of ether oxygens (including phenoxy) is 1. The lowest BCUT2D eigenvalue weighted by molar-refractivity contribution is -0.150. The smallest absolute Gasteiger partial charge is 0.307 e. The van der Waals surface area contributed by atoms with Gasteiger partial charge in [0.05, 0.1) is 5.92 Å². The summed E-state index contributed by atoms with van der Waals surface area (Å²) in [5.74, 6) is -0.746. The van der Waals surface area contributed by atoms with Crippen LogP contribution in [0.4, 0.5) is 0 Å². The van der Waals surface area contributed by atoms with E-state index in [9.17, 15) is 14.7 Å². The predicted octanol–water partition coefficient (Wildman–Crippen LogP) is 2.05. The zero-order chi connectivity index (χ0) is 15.8. The molecule has 120 valence electrons. The number of carboxylic acids is 1. The van der Waals surface area contributed by atoms with Gasteiger partial charge in [-0.05, 0) is 36.5 Å². The standard InChI is InChI=1S/C16H27NO4/c1-9-7-8-21-13(9)14(18)17-12-6-5-11(15(19)20)16(3,4)10(12)2/h9-13H,5-8H2,1-4H3,(H,17,18)(H,19,20). The molecule has 1 aliphatic carbocycles. The third kappa shape index (κ3) is 3.07. The highest BCUT2D eigenvalue weighted by Crippen LogP contribution is 2.45. The van der Waals surface area contributed by atoms with Gasteiger partial charge in [0.25, 0.3) is 0 Å². The summed E-state index contributed by atoms with van der Waals surface area (Å²) in [6.07, 6.45) is 1.90. The lowest BCUT2D eigenvalue weighted by atomic mass is 9.61. The Balaban J connectivity index is 2.02. The number of rotatable bonds is 3. The molecule has 2 N–H and O–H groups in total. The molecule has 5 nitrogen and oxygen atoms in total. The van der Waals surface area contributed by atoms with Gasteiger partial charge in [-0.1, -0.05) is 27.7 Å². The van der Waals surface area contributed by atoms with E-state index in [1.807, 2.05) is 27.7 Å². The minimum atomic E-state index is -0.732. The van der Waals surface area contributed by atoms with Gasteiger partial charge in [0.15, 0.2) is 0 Å². The summed E-state index contributed by atoms with van der Waals surface area (Å²) in [6, 6.07) is 0.0273. The fraction of sp³-hybridized carbons (Fsp3) is 0.875. The van der Waals surface area contributed by atoms with Crippen LogP contribution in [0.5, 0.6) is 0 Å². The van der Waals surface area contributed by atoms with Gasteiger partial charge in [-0.2, -0.15) is 0 Å². The number of carbonyl (C=O) groups excluding carboxylic acids is 1. The van der Waals surface area contributed by atoms with Crippen molar-refractivity contribution in [1.82, 2.24) is 5.32 Å². The van der Waals surface area contributed by atoms with E-state index in [4.69, 9.17) is 4.74 Å². The molecule has 1 aliphatic heterocycles. The summed E-state index contributed by atoms with van der Waals surface area (Å²) >= 11 is 0. The molecule has 0 aromatic rings. The molecule has 21 heavy (non-hydrogen) atoms. The van der Waals surface area contributed by atoms with Gasteiger partial charge in [-0.15, -0.1) is 0 Å². The molecule has 5 heteroatoms. The molecule has 2 aliphatic rings. The minimum Gasteiger partial charge on any atom is -0.481 e. The third-order valence-corrected chi connectivity index (χ3v) is 5.71. The van der Waals surface area contributed by atoms with Crippen LogP contribution >= 0.6 is 0 Å². The van der Waals surface area contributed by atoms with Gasteiger partial charge in [0.1, 0.15) is 6.10 Å². The zero-order valence-corrected chi connectivity index (χ0v) is 13.4. The van der Waals surface area contributed by atoms with Crippen molar-refractivity contribution >= 4 is 11.9 Å². The van der Waals surface area contributed by atoms with Gasteiger partial charge in [0.2, 0.25) is 5.91 Å². The average Bonchev–Trinajstić information content (AvgIpc) is 2.81. The van der Waals surface area contributed by atoms with Gasteiger partial charge < -0.3 is 15.2 Å². The molecule has 0 aromatic carbocycles. The van der Waals surface area contributed by atoms with Gasteiger partial charge >= 0.3 is 5.97 Å². The fourth-order valence-electron chi connectivity index (χ4n) is 3.74. The van der Waals surface area contributed by atoms with Gasteiger partial charge in [-0.25, -0.2) is 0 Å². The van der Waals surface area contributed by atoms with Crippen LogP contribution in [0.15, 0.2) is 0 Å². The first kappa shape index (κ1) is 16.3. The molecule has 0 radical (unpaired) electrons. The second-order valence-corrected chi connectivity index (χ2v) is 7.25. The van der Waals surface area contributed by atoms with E-state index in [1.165, 1.54) is 0 Å². The van der Waals surface area contributed by atoms with Crippen molar-refractivity contribution < 1.29 is 19.4 Å². The molecule has 1 saturated heterocycles. The minimum absolute atomic E-state index is 0.0273. The topological polar surface area (TPSA) is 75.6 Å². The van der Waals surface area contributed by atoms with Crippen LogP contribution in [0.2, 0.25) is 0 Å². The van der Waals surface area contributed by atoms with E-state index >= 15 is 0 Å². The molecule has 0 bridgehead atoms. The molecule has 0 aromatic heterocycles. The zero-order valence-electron chi connectivity index (χ0n) is 13.4. The number of aliphatic carboxylic acids is 1. The summed E-state index contributed by atoms with van der Waals surface area (Å²) in [5.41, 5.74) is -0.329. The largest absolute Gasteiger partial charge is 0.481 e. The van der Waals surface area contributed by atoms with Crippen molar-refractivity contribution in [3.63, 3.8) is 0 Å². The highest BCUT2D eigenvalue weighted by atomic mass is 16.5. The van der Waals surface area contributed by atoms with Crippen LogP contribution in [-0.4, -0.2) is 35.7 Å². The van der Waals surface area contributed by atoms with Crippen LogP contribution in [0, 0.1) is 23.2 Å². The van der Waals surface area contributed by atoms with Crippen LogP contribution in [-0.2, 0) is 14.3 Å². The molecular weight excluding hydrogens is 270 g/mol. The van der Waals surface area contributed by atoms with Crippen molar-refractivity contribution in [2.45, 2.75) is 59.1 Å². The Morgan fingerprint density at radius 3 is 2.38 bits per heavy atom. The summed E-state index contributed by atoms with van der Waals surface area (Å²) in [7, 11) is 0. The molecule has 5 atom stereocenters. The molecule has 0 spiro atoms. The lowest BCUT2D eigenvalue weighted by Crippen LogP contribution is -2.54. The first-order valence-electron chi connectivity index (χ1n) is 7.90. The number of amides is 1. The number of hydrogen-bond acceptors (Lipinski definition) is 3. The predicted molar refractivity (Wildman–Crippen MR) is 78.8 cm³/mol. The Morgan fingerprint density at radius 2 is 1.86 bits per heavy atom. The van der Waals surface area contributed by atoms with Crippen LogP contribution in [0.3, 0.4) is 0 Å². The summed E-state index contributed by atoms with van der Waals surface area (Å²) < 4.78 is 5.51. The van der Waals surface area contributed by atoms with Crippen LogP contribution < -0.4 is 5.32 Å². The maximum Gasteiger partial charge on any atom is 0.307 e. The van der Waals surface area contributed by atoms with E-state index in [1.54, 1.807) is 0 Å². The maximum atomic E-state index is 12.3. The number of carboxylic acid groups (broad SMARTS) is 1. The van der Waals surface area contributed by atoms with E-state index in [0.29, 0.717) is 19.4 Å². The normalized spacial score (nSPS) is 39.0. The summed E-state index contributed by atoms with van der Waals surface area (Å²) in [6.45, 7) is 8.70. The van der Waals surface area contributed by atoms with E-state index in [-0.39, 0.29) is 41.2 Å². The molecule has 1 amide bonds. The second-order valence-electron chi connectivity index (χ2n) is 7.25. The van der Waals surface area contributed by atoms with Gasteiger partial charge in [0, 0.05) is 12.6 Å². The first-order valence-corrected chi connectivity index (χ1v) is 7.90. The summed E-state index contributed by atoms with van der Waals surface area (Å²) in [4.78, 5) is 23.7. The lowest BCUT2D eigenvalue weighted by Gasteiger charge is -2.46. The van der Waals surface area contributed by atoms with Crippen molar-refractivity contribution in [1.29, 1.82) is 0 Å². The van der Waals surface area contributed by atoms with Crippen molar-refractivity contribution in [3.05, 3.63) is 0 Å². The third-order valence-electron chi connectivity index (χ3n) is 5.71. The Hall–Kier alpha value is -1.10. The highest BCUT2D eigenvalue weighted by Gasteiger charge is 2.47. The first-order chi connectivity index (χ1) is 9.75. The summed E-state index contributed by atoms with van der Waals surface area (Å²) in [5, 5.41) is 12.5. The van der Waals surface area contributed by atoms with Crippen molar-refractivity contribution in [2.75, 3.05) is 6.61 Å². The number of nitrogens with one attached hydrogen (secondary N) is 1. The second kappa shape index (κ2) is 5.95. The van der Waals surface area contributed by atoms with Gasteiger partial charge in [-0.3, -0.25) is 9.59 Å². The Morgan fingerprint density at radius 1 is 1.19 bits per heavy atom. The van der Waals surface area contributed by atoms with Crippen molar-refractivity contribution in [3.8, 4) is 0 Å². The monoisotopic (exact) mass is 297 g/mol. The fourth-order valence-corrected chi connectivity index (χ4v) is 3.74. The molecule has 2 fully saturated rings. The van der Waals surface area contributed by atoms with E-state index < -0.39 is 5.97 Å². The average molecular weight is 297 g/mol. The van der Waals surface area contributed by atoms with Crippen molar-refractivity contribution in [2.24, 2.45) is 23.2 Å². The number of carbonyl (C=O) groups is 2. The van der Waals surface area contributed by atoms with E-state index in [2.05, 4.69) is 5.32 Å². The molecule has 2 rings (SSSR count). The van der Waals surface area contributed by atoms with E-state index in [0.717, 1.165) is 6.42 Å². The molecule has 5 unspecified atom stereocenters. The van der Waals surface area contributed by atoms with Crippen LogP contribution in [0.1, 0.15) is 47.0 Å². The Bertz CT molecular complexity index is 421. The Labute approximate surface area is 126 Å². The maximum absolute atomic E-state index is 12.3. The highest BCUT2D eigenvalue weighted by molar-refractivity contribution is 5.81. The Kier molecular flexibility index (Phi) is 4.61. The SMILES string of the molecule is CC1CCOC1C(=O)NC1CCC(C(=O)O)C(C)(C)C1C. The quantitative estimate of drug-likeness (QED) is 0.836. The van der Waals surface area contributed by atoms with Crippen LogP contribution in [0.25, 0.3) is 0 Å². The molecule has 1 saturated carbocycles. The molecular formula is C16H27NO4. The number of hydrogen-bond donors (Lipinski definition) is 2.